The quantitative estimate of drug-likeness (QED) is 0.856. The third-order valence-electron chi connectivity index (χ3n) is 3.19. The Balaban J connectivity index is 1.67. The van der Waals surface area contributed by atoms with Gasteiger partial charge in [0.05, 0.1) is 0 Å². The fourth-order valence-corrected chi connectivity index (χ4v) is 2.21. The maximum atomic E-state index is 5.72. The van der Waals surface area contributed by atoms with Crippen LogP contribution >= 0.6 is 0 Å². The molecule has 0 bridgehead atoms. The highest BCUT2D eigenvalue weighted by Crippen LogP contribution is 2.16. The van der Waals surface area contributed by atoms with Gasteiger partial charge in [0.15, 0.2) is 0 Å². The Morgan fingerprint density at radius 3 is 2.26 bits per heavy atom. The molecule has 2 aromatic heterocycles. The summed E-state index contributed by atoms with van der Waals surface area (Å²) >= 11 is 0. The summed E-state index contributed by atoms with van der Waals surface area (Å²) < 4.78 is 0. The van der Waals surface area contributed by atoms with Crippen molar-refractivity contribution in [2.45, 2.75) is 0 Å². The summed E-state index contributed by atoms with van der Waals surface area (Å²) in [4.78, 5) is 17.3. The molecule has 19 heavy (non-hydrogen) atoms. The van der Waals surface area contributed by atoms with Crippen LogP contribution in [-0.4, -0.2) is 41.1 Å². The highest BCUT2D eigenvalue weighted by Gasteiger charge is 2.19. The number of nitrogens with two attached hydrogens (primary N) is 1. The molecule has 0 radical (unpaired) electrons. The van der Waals surface area contributed by atoms with Crippen molar-refractivity contribution in [1.82, 2.24) is 15.0 Å². The van der Waals surface area contributed by atoms with Crippen molar-refractivity contribution in [2.75, 3.05) is 41.7 Å². The van der Waals surface area contributed by atoms with Crippen LogP contribution in [0.5, 0.6) is 0 Å². The largest absolute Gasteiger partial charge is 0.384 e. The lowest BCUT2D eigenvalue weighted by Crippen LogP contribution is -2.47. The third kappa shape index (κ3) is 2.57. The van der Waals surface area contributed by atoms with E-state index < -0.39 is 0 Å². The monoisotopic (exact) mass is 256 g/mol. The molecule has 2 aromatic rings. The van der Waals surface area contributed by atoms with E-state index in [2.05, 4.69) is 24.8 Å². The number of hydrogen-bond acceptors (Lipinski definition) is 6. The number of rotatable bonds is 2. The highest BCUT2D eigenvalue weighted by atomic mass is 15.3. The van der Waals surface area contributed by atoms with Crippen LogP contribution in [0.2, 0.25) is 0 Å². The minimum Gasteiger partial charge on any atom is -0.384 e. The van der Waals surface area contributed by atoms with E-state index in [-0.39, 0.29) is 0 Å². The highest BCUT2D eigenvalue weighted by molar-refractivity contribution is 5.46. The summed E-state index contributed by atoms with van der Waals surface area (Å²) in [7, 11) is 0. The SMILES string of the molecule is Nc1cccc(N2CCN(c3ncccn3)CC2)n1. The van der Waals surface area contributed by atoms with Gasteiger partial charge in [-0.2, -0.15) is 0 Å². The fourth-order valence-electron chi connectivity index (χ4n) is 2.21. The molecule has 6 heteroatoms. The molecule has 1 fully saturated rings. The zero-order valence-electron chi connectivity index (χ0n) is 10.6. The number of nitrogen functional groups attached to an aromatic ring is 1. The lowest BCUT2D eigenvalue weighted by molar-refractivity contribution is 0.635. The minimum absolute atomic E-state index is 0.561. The molecule has 0 aliphatic carbocycles. The molecular weight excluding hydrogens is 240 g/mol. The van der Waals surface area contributed by atoms with Crippen LogP contribution < -0.4 is 15.5 Å². The first-order chi connectivity index (χ1) is 9.33. The molecule has 0 saturated carbocycles. The van der Waals surface area contributed by atoms with Crippen molar-refractivity contribution in [3.8, 4) is 0 Å². The molecule has 0 unspecified atom stereocenters. The lowest BCUT2D eigenvalue weighted by atomic mass is 10.3. The Bertz CT molecular complexity index is 536. The van der Waals surface area contributed by atoms with E-state index in [1.807, 2.05) is 18.2 Å². The fraction of sp³-hybridized carbons (Fsp3) is 0.308. The van der Waals surface area contributed by atoms with Gasteiger partial charge in [-0.15, -0.1) is 0 Å². The zero-order chi connectivity index (χ0) is 13.1. The number of aromatic nitrogens is 3. The number of pyridine rings is 1. The van der Waals surface area contributed by atoms with Crippen molar-refractivity contribution in [3.63, 3.8) is 0 Å². The number of anilines is 3. The first-order valence-corrected chi connectivity index (χ1v) is 6.32. The average molecular weight is 256 g/mol. The topological polar surface area (TPSA) is 71.2 Å². The van der Waals surface area contributed by atoms with Gasteiger partial charge in [-0.1, -0.05) is 6.07 Å². The van der Waals surface area contributed by atoms with Crippen LogP contribution in [-0.2, 0) is 0 Å². The van der Waals surface area contributed by atoms with Gasteiger partial charge in [-0.05, 0) is 18.2 Å². The first-order valence-electron chi connectivity index (χ1n) is 6.32. The van der Waals surface area contributed by atoms with Crippen LogP contribution in [0.3, 0.4) is 0 Å². The molecule has 1 aliphatic heterocycles. The summed E-state index contributed by atoms with van der Waals surface area (Å²) in [5.74, 6) is 2.29. The van der Waals surface area contributed by atoms with Gasteiger partial charge < -0.3 is 15.5 Å². The molecule has 2 N–H and O–H groups in total. The van der Waals surface area contributed by atoms with Gasteiger partial charge in [-0.3, -0.25) is 0 Å². The molecule has 98 valence electrons. The normalized spacial score (nSPS) is 15.6. The Morgan fingerprint density at radius 2 is 1.58 bits per heavy atom. The molecule has 1 aliphatic rings. The van der Waals surface area contributed by atoms with Crippen molar-refractivity contribution < 1.29 is 0 Å². The Hall–Kier alpha value is -2.37. The Kier molecular flexibility index (Phi) is 3.14. The van der Waals surface area contributed by atoms with E-state index in [1.165, 1.54) is 0 Å². The van der Waals surface area contributed by atoms with Crippen LogP contribution in [0.4, 0.5) is 17.6 Å². The van der Waals surface area contributed by atoms with Crippen molar-refractivity contribution >= 4 is 17.6 Å². The minimum atomic E-state index is 0.561. The van der Waals surface area contributed by atoms with E-state index in [4.69, 9.17) is 5.73 Å². The smallest absolute Gasteiger partial charge is 0.225 e. The standard InChI is InChI=1S/C13H16N6/c14-11-3-1-4-12(17-11)18-7-9-19(10-8-18)13-15-5-2-6-16-13/h1-6H,7-10H2,(H2,14,17). The van der Waals surface area contributed by atoms with Crippen LogP contribution in [0.25, 0.3) is 0 Å². The molecule has 1 saturated heterocycles. The molecular formula is C13H16N6. The molecule has 3 heterocycles. The van der Waals surface area contributed by atoms with Crippen molar-refractivity contribution in [2.24, 2.45) is 0 Å². The Morgan fingerprint density at radius 1 is 0.895 bits per heavy atom. The van der Waals surface area contributed by atoms with Gasteiger partial charge in [0.1, 0.15) is 11.6 Å². The average Bonchev–Trinajstić information content (AvgIpc) is 2.48. The molecule has 0 spiro atoms. The Labute approximate surface area is 111 Å². The van der Waals surface area contributed by atoms with Gasteiger partial charge >= 0.3 is 0 Å². The van der Waals surface area contributed by atoms with Crippen molar-refractivity contribution in [1.29, 1.82) is 0 Å². The van der Waals surface area contributed by atoms with Gasteiger partial charge in [0, 0.05) is 38.6 Å². The van der Waals surface area contributed by atoms with Gasteiger partial charge in [-0.25, -0.2) is 15.0 Å². The predicted molar refractivity (Wildman–Crippen MR) is 75.1 cm³/mol. The number of hydrogen-bond donors (Lipinski definition) is 1. The van der Waals surface area contributed by atoms with Crippen LogP contribution in [0.1, 0.15) is 0 Å². The van der Waals surface area contributed by atoms with Crippen LogP contribution in [0.15, 0.2) is 36.7 Å². The molecule has 6 nitrogen and oxygen atoms in total. The number of piperazine rings is 1. The third-order valence-corrected chi connectivity index (χ3v) is 3.19. The van der Waals surface area contributed by atoms with E-state index >= 15 is 0 Å². The molecule has 3 rings (SSSR count). The summed E-state index contributed by atoms with van der Waals surface area (Å²) in [5.41, 5.74) is 5.72. The summed E-state index contributed by atoms with van der Waals surface area (Å²) in [6, 6.07) is 7.56. The molecule has 0 atom stereocenters. The van der Waals surface area contributed by atoms with E-state index in [0.29, 0.717) is 5.82 Å². The van der Waals surface area contributed by atoms with E-state index in [9.17, 15) is 0 Å². The van der Waals surface area contributed by atoms with Gasteiger partial charge in [0.25, 0.3) is 0 Å². The zero-order valence-corrected chi connectivity index (χ0v) is 10.6. The van der Waals surface area contributed by atoms with E-state index in [1.54, 1.807) is 18.5 Å². The maximum Gasteiger partial charge on any atom is 0.225 e. The summed E-state index contributed by atoms with van der Waals surface area (Å²) in [6.07, 6.45) is 3.54. The van der Waals surface area contributed by atoms with E-state index in [0.717, 1.165) is 37.9 Å². The van der Waals surface area contributed by atoms with Crippen molar-refractivity contribution in [3.05, 3.63) is 36.7 Å². The molecule has 0 aromatic carbocycles. The summed E-state index contributed by atoms with van der Waals surface area (Å²) in [6.45, 7) is 3.57. The van der Waals surface area contributed by atoms with Gasteiger partial charge in [0.2, 0.25) is 5.95 Å². The lowest BCUT2D eigenvalue weighted by Gasteiger charge is -2.35. The number of nitrogens with zero attached hydrogens (tertiary/aromatic N) is 5. The first kappa shape index (κ1) is 11.7. The predicted octanol–water partition coefficient (Wildman–Crippen LogP) is 0.780. The summed E-state index contributed by atoms with van der Waals surface area (Å²) in [5, 5.41) is 0. The maximum absolute atomic E-state index is 5.72. The second-order valence-corrected chi connectivity index (χ2v) is 4.44. The second kappa shape index (κ2) is 5.09. The molecule has 0 amide bonds. The van der Waals surface area contributed by atoms with Crippen LogP contribution in [0, 0.1) is 0 Å². The second-order valence-electron chi connectivity index (χ2n) is 4.44.